The SMILES string of the molecule is Clc1cccn2c(Cc3ccccc3)nnc12. The summed E-state index contributed by atoms with van der Waals surface area (Å²) in [6, 6.07) is 13.9. The molecule has 0 spiro atoms. The highest BCUT2D eigenvalue weighted by Crippen LogP contribution is 2.16. The van der Waals surface area contributed by atoms with Crippen LogP contribution in [0.15, 0.2) is 48.7 Å². The van der Waals surface area contributed by atoms with Crippen LogP contribution in [0.3, 0.4) is 0 Å². The molecule has 0 aliphatic heterocycles. The molecule has 0 atom stereocenters. The number of benzene rings is 1. The van der Waals surface area contributed by atoms with Crippen LogP contribution in [0.4, 0.5) is 0 Å². The van der Waals surface area contributed by atoms with Gasteiger partial charge in [0.25, 0.3) is 0 Å². The minimum Gasteiger partial charge on any atom is -0.285 e. The summed E-state index contributed by atoms with van der Waals surface area (Å²) in [7, 11) is 0. The number of hydrogen-bond acceptors (Lipinski definition) is 2. The summed E-state index contributed by atoms with van der Waals surface area (Å²) >= 11 is 6.05. The van der Waals surface area contributed by atoms with E-state index in [2.05, 4.69) is 22.3 Å². The summed E-state index contributed by atoms with van der Waals surface area (Å²) in [5.74, 6) is 0.897. The number of rotatable bonds is 2. The Bertz CT molecular complexity index is 646. The molecule has 2 heterocycles. The summed E-state index contributed by atoms with van der Waals surface area (Å²) < 4.78 is 1.93. The first-order valence-corrected chi connectivity index (χ1v) is 5.74. The minimum absolute atomic E-state index is 0.624. The monoisotopic (exact) mass is 243 g/mol. The van der Waals surface area contributed by atoms with E-state index in [-0.39, 0.29) is 0 Å². The van der Waals surface area contributed by atoms with Crippen molar-refractivity contribution >= 4 is 17.2 Å². The van der Waals surface area contributed by atoms with Crippen LogP contribution in [0.25, 0.3) is 5.65 Å². The molecular weight excluding hydrogens is 234 g/mol. The maximum Gasteiger partial charge on any atom is 0.179 e. The molecule has 0 unspecified atom stereocenters. The molecule has 0 fully saturated rings. The Labute approximate surface area is 104 Å². The summed E-state index contributed by atoms with van der Waals surface area (Å²) in [6.07, 6.45) is 2.68. The van der Waals surface area contributed by atoms with Crippen LogP contribution in [0.2, 0.25) is 5.02 Å². The van der Waals surface area contributed by atoms with Crippen LogP contribution in [-0.2, 0) is 6.42 Å². The summed E-state index contributed by atoms with van der Waals surface area (Å²) in [5.41, 5.74) is 1.92. The highest BCUT2D eigenvalue weighted by atomic mass is 35.5. The average Bonchev–Trinajstić information content (AvgIpc) is 2.76. The van der Waals surface area contributed by atoms with Gasteiger partial charge in [0.05, 0.1) is 5.02 Å². The molecule has 0 radical (unpaired) electrons. The van der Waals surface area contributed by atoms with Crippen molar-refractivity contribution in [1.82, 2.24) is 14.6 Å². The van der Waals surface area contributed by atoms with Gasteiger partial charge in [-0.3, -0.25) is 4.40 Å². The highest BCUT2D eigenvalue weighted by Gasteiger charge is 2.07. The molecule has 4 heteroatoms. The van der Waals surface area contributed by atoms with Gasteiger partial charge < -0.3 is 0 Å². The maximum absolute atomic E-state index is 6.05. The van der Waals surface area contributed by atoms with E-state index in [1.165, 1.54) is 5.56 Å². The highest BCUT2D eigenvalue weighted by molar-refractivity contribution is 6.33. The van der Waals surface area contributed by atoms with E-state index in [1.54, 1.807) is 0 Å². The second-order valence-corrected chi connectivity index (χ2v) is 4.24. The molecule has 3 rings (SSSR count). The number of nitrogens with zero attached hydrogens (tertiary/aromatic N) is 3. The zero-order valence-electron chi connectivity index (χ0n) is 9.05. The van der Waals surface area contributed by atoms with Gasteiger partial charge in [0.2, 0.25) is 0 Å². The molecular formula is C13H10ClN3. The van der Waals surface area contributed by atoms with Crippen molar-refractivity contribution < 1.29 is 0 Å². The van der Waals surface area contributed by atoms with Crippen molar-refractivity contribution in [3.8, 4) is 0 Å². The van der Waals surface area contributed by atoms with Crippen LogP contribution < -0.4 is 0 Å². The Morgan fingerprint density at radius 2 is 1.82 bits per heavy atom. The van der Waals surface area contributed by atoms with Gasteiger partial charge in [-0.15, -0.1) is 10.2 Å². The third kappa shape index (κ3) is 1.89. The predicted molar refractivity (Wildman–Crippen MR) is 67.2 cm³/mol. The van der Waals surface area contributed by atoms with Crippen LogP contribution in [-0.4, -0.2) is 14.6 Å². The summed E-state index contributed by atoms with van der Waals surface area (Å²) in [6.45, 7) is 0. The molecule has 3 aromatic rings. The van der Waals surface area contributed by atoms with E-state index in [9.17, 15) is 0 Å². The third-order valence-corrected chi connectivity index (χ3v) is 2.96. The number of halogens is 1. The fourth-order valence-corrected chi connectivity index (χ4v) is 2.03. The maximum atomic E-state index is 6.05. The van der Waals surface area contributed by atoms with Gasteiger partial charge in [-0.2, -0.15) is 0 Å². The smallest absolute Gasteiger partial charge is 0.179 e. The minimum atomic E-state index is 0.624. The number of fused-ring (bicyclic) bond motifs is 1. The molecule has 0 aliphatic rings. The third-order valence-electron chi connectivity index (χ3n) is 2.66. The number of hydrogen-bond donors (Lipinski definition) is 0. The fourth-order valence-electron chi connectivity index (χ4n) is 1.83. The average molecular weight is 244 g/mol. The molecule has 84 valence electrons. The van der Waals surface area contributed by atoms with Gasteiger partial charge >= 0.3 is 0 Å². The van der Waals surface area contributed by atoms with Crippen molar-refractivity contribution in [2.45, 2.75) is 6.42 Å². The summed E-state index contributed by atoms with van der Waals surface area (Å²) in [5, 5.41) is 8.90. The van der Waals surface area contributed by atoms with Crippen LogP contribution in [0.5, 0.6) is 0 Å². The topological polar surface area (TPSA) is 30.2 Å². The van der Waals surface area contributed by atoms with Gasteiger partial charge in [0, 0.05) is 12.6 Å². The number of aromatic nitrogens is 3. The Kier molecular flexibility index (Phi) is 2.53. The van der Waals surface area contributed by atoms with E-state index >= 15 is 0 Å². The Morgan fingerprint density at radius 1 is 1.00 bits per heavy atom. The predicted octanol–water partition coefficient (Wildman–Crippen LogP) is 2.97. The van der Waals surface area contributed by atoms with E-state index in [1.807, 2.05) is 40.9 Å². The van der Waals surface area contributed by atoms with Gasteiger partial charge in [0.1, 0.15) is 5.82 Å². The lowest BCUT2D eigenvalue weighted by atomic mass is 10.1. The first-order valence-electron chi connectivity index (χ1n) is 5.36. The van der Waals surface area contributed by atoms with Gasteiger partial charge in [-0.25, -0.2) is 0 Å². The second kappa shape index (κ2) is 4.18. The molecule has 0 aliphatic carbocycles. The summed E-state index contributed by atoms with van der Waals surface area (Å²) in [4.78, 5) is 0. The van der Waals surface area contributed by atoms with Crippen LogP contribution >= 0.6 is 11.6 Å². The van der Waals surface area contributed by atoms with Gasteiger partial charge in [-0.05, 0) is 17.7 Å². The van der Waals surface area contributed by atoms with E-state index < -0.39 is 0 Å². The standard InChI is InChI=1S/C13H10ClN3/c14-11-7-4-8-17-12(15-16-13(11)17)9-10-5-2-1-3-6-10/h1-8H,9H2. The van der Waals surface area contributed by atoms with Crippen molar-refractivity contribution in [2.75, 3.05) is 0 Å². The van der Waals surface area contributed by atoms with E-state index in [0.717, 1.165) is 12.2 Å². The normalized spacial score (nSPS) is 10.9. The molecule has 17 heavy (non-hydrogen) atoms. The molecule has 0 N–H and O–H groups in total. The van der Waals surface area contributed by atoms with E-state index in [0.29, 0.717) is 10.7 Å². The van der Waals surface area contributed by atoms with E-state index in [4.69, 9.17) is 11.6 Å². The molecule has 0 saturated carbocycles. The zero-order valence-corrected chi connectivity index (χ0v) is 9.80. The molecule has 3 nitrogen and oxygen atoms in total. The van der Waals surface area contributed by atoms with Crippen LogP contribution in [0, 0.1) is 0 Å². The lowest BCUT2D eigenvalue weighted by molar-refractivity contribution is 0.934. The van der Waals surface area contributed by atoms with Crippen molar-refractivity contribution in [3.63, 3.8) is 0 Å². The molecule has 2 aromatic heterocycles. The lowest BCUT2D eigenvalue weighted by Gasteiger charge is -2.00. The first kappa shape index (κ1) is 10.3. The first-order chi connectivity index (χ1) is 8.34. The van der Waals surface area contributed by atoms with Gasteiger partial charge in [-0.1, -0.05) is 41.9 Å². The zero-order chi connectivity index (χ0) is 11.7. The number of pyridine rings is 1. The largest absolute Gasteiger partial charge is 0.285 e. The quantitative estimate of drug-likeness (QED) is 0.693. The molecule has 1 aromatic carbocycles. The molecule has 0 amide bonds. The van der Waals surface area contributed by atoms with Gasteiger partial charge in [0.15, 0.2) is 5.65 Å². The lowest BCUT2D eigenvalue weighted by Crippen LogP contribution is -1.95. The van der Waals surface area contributed by atoms with Crippen LogP contribution in [0.1, 0.15) is 11.4 Å². The fraction of sp³-hybridized carbons (Fsp3) is 0.0769. The van der Waals surface area contributed by atoms with Crippen molar-refractivity contribution in [2.24, 2.45) is 0 Å². The second-order valence-electron chi connectivity index (χ2n) is 3.83. The van der Waals surface area contributed by atoms with Crippen molar-refractivity contribution in [1.29, 1.82) is 0 Å². The molecule has 0 bridgehead atoms. The van der Waals surface area contributed by atoms with Crippen molar-refractivity contribution in [3.05, 3.63) is 65.1 Å². The molecule has 0 saturated heterocycles. The Balaban J connectivity index is 2.05. The Morgan fingerprint density at radius 3 is 2.65 bits per heavy atom. The Hall–Kier alpha value is -1.87.